The second-order valence-corrected chi connectivity index (χ2v) is 9.57. The molecule has 0 aliphatic rings. The van der Waals surface area contributed by atoms with Crippen molar-refractivity contribution in [2.45, 2.75) is 19.1 Å². The van der Waals surface area contributed by atoms with Crippen LogP contribution in [0.3, 0.4) is 0 Å². The van der Waals surface area contributed by atoms with Crippen LogP contribution in [0, 0.1) is 5.82 Å². The van der Waals surface area contributed by atoms with Crippen molar-refractivity contribution in [1.29, 1.82) is 0 Å². The van der Waals surface area contributed by atoms with E-state index < -0.39 is 17.9 Å². The number of esters is 1. The van der Waals surface area contributed by atoms with Gasteiger partial charge in [-0.2, -0.15) is 0 Å². The molecule has 4 aromatic carbocycles. The Bertz CT molecular complexity index is 1630. The Morgan fingerprint density at radius 1 is 0.925 bits per heavy atom. The fourth-order valence-electron chi connectivity index (χ4n) is 4.21. The molecule has 0 fully saturated rings. The predicted molar refractivity (Wildman–Crippen MR) is 151 cm³/mol. The summed E-state index contributed by atoms with van der Waals surface area (Å²) in [6.07, 6.45) is 0.206. The number of nitrogens with one attached hydrogen (secondary N) is 2. The molecule has 1 amide bonds. The summed E-state index contributed by atoms with van der Waals surface area (Å²) in [7, 11) is 1.27. The van der Waals surface area contributed by atoms with Crippen LogP contribution in [0.25, 0.3) is 22.2 Å². The zero-order chi connectivity index (χ0) is 28.1. The van der Waals surface area contributed by atoms with Crippen molar-refractivity contribution in [3.63, 3.8) is 0 Å². The van der Waals surface area contributed by atoms with E-state index in [2.05, 4.69) is 15.3 Å². The molecule has 0 bridgehead atoms. The van der Waals surface area contributed by atoms with E-state index in [9.17, 15) is 14.0 Å². The van der Waals surface area contributed by atoms with Crippen molar-refractivity contribution < 1.29 is 23.5 Å². The number of hydrogen-bond donors (Lipinski definition) is 2. The number of methoxy groups -OCH3 is 1. The zero-order valence-corrected chi connectivity index (χ0v) is 22.2. The molecule has 1 heterocycles. The molecular formula is C31H25ClFN3O4. The number of hydrogen-bond acceptors (Lipinski definition) is 5. The van der Waals surface area contributed by atoms with Gasteiger partial charge in [0.15, 0.2) is 5.82 Å². The summed E-state index contributed by atoms with van der Waals surface area (Å²) in [5, 5.41) is 3.38. The van der Waals surface area contributed by atoms with Gasteiger partial charge in [-0.25, -0.2) is 14.2 Å². The first-order valence-corrected chi connectivity index (χ1v) is 12.9. The van der Waals surface area contributed by atoms with Gasteiger partial charge in [-0.3, -0.25) is 4.79 Å². The van der Waals surface area contributed by atoms with Gasteiger partial charge in [0.2, 0.25) is 0 Å². The zero-order valence-electron chi connectivity index (χ0n) is 21.5. The molecule has 9 heteroatoms. The minimum Gasteiger partial charge on any atom is -0.489 e. The maximum atomic E-state index is 13.1. The van der Waals surface area contributed by atoms with E-state index in [0.29, 0.717) is 28.4 Å². The number of amides is 1. The maximum absolute atomic E-state index is 13.1. The lowest BCUT2D eigenvalue weighted by Gasteiger charge is -2.16. The van der Waals surface area contributed by atoms with Crippen LogP contribution >= 0.6 is 11.6 Å². The van der Waals surface area contributed by atoms with Crippen molar-refractivity contribution in [2.24, 2.45) is 0 Å². The summed E-state index contributed by atoms with van der Waals surface area (Å²) in [5.74, 6) is -0.706. The number of ether oxygens (including phenoxy) is 2. The second-order valence-electron chi connectivity index (χ2n) is 9.14. The summed E-state index contributed by atoms with van der Waals surface area (Å²) in [4.78, 5) is 33.0. The van der Waals surface area contributed by atoms with Crippen LogP contribution in [0.1, 0.15) is 21.7 Å². The number of halogens is 2. The molecule has 0 aliphatic carbocycles. The van der Waals surface area contributed by atoms with Crippen LogP contribution < -0.4 is 10.1 Å². The smallest absolute Gasteiger partial charge is 0.328 e. The van der Waals surface area contributed by atoms with E-state index in [1.54, 1.807) is 24.3 Å². The Kier molecular flexibility index (Phi) is 8.07. The van der Waals surface area contributed by atoms with E-state index >= 15 is 0 Å². The highest BCUT2D eigenvalue weighted by Gasteiger charge is 2.24. The van der Waals surface area contributed by atoms with Gasteiger partial charge >= 0.3 is 5.97 Å². The summed E-state index contributed by atoms with van der Waals surface area (Å²) in [6, 6.07) is 25.4. The molecule has 0 saturated carbocycles. The molecule has 5 aromatic rings. The van der Waals surface area contributed by atoms with Crippen molar-refractivity contribution in [1.82, 2.24) is 15.3 Å². The number of H-pyrrole nitrogens is 1. The highest BCUT2D eigenvalue weighted by atomic mass is 35.5. The lowest BCUT2D eigenvalue weighted by molar-refractivity contribution is -0.142. The second kappa shape index (κ2) is 12.0. The molecule has 0 spiro atoms. The summed E-state index contributed by atoms with van der Waals surface area (Å²) in [5.41, 5.74) is 4.85. The number of carbonyl (C=O) groups is 2. The maximum Gasteiger partial charge on any atom is 0.328 e. The molecule has 5 rings (SSSR count). The number of aromatic nitrogens is 2. The Hall–Kier alpha value is -4.69. The molecule has 0 unspecified atom stereocenters. The van der Waals surface area contributed by atoms with Crippen molar-refractivity contribution in [2.75, 3.05) is 7.11 Å². The van der Waals surface area contributed by atoms with E-state index in [1.165, 1.54) is 19.2 Å². The number of fused-ring (bicyclic) bond motifs is 1. The highest BCUT2D eigenvalue weighted by Crippen LogP contribution is 2.25. The van der Waals surface area contributed by atoms with Crippen LogP contribution in [0.4, 0.5) is 4.39 Å². The van der Waals surface area contributed by atoms with Crippen LogP contribution in [0.5, 0.6) is 5.75 Å². The van der Waals surface area contributed by atoms with Gasteiger partial charge in [-0.05, 0) is 70.8 Å². The lowest BCUT2D eigenvalue weighted by Crippen LogP contribution is -2.43. The number of rotatable bonds is 9. The third-order valence-electron chi connectivity index (χ3n) is 6.35. The van der Waals surface area contributed by atoms with Gasteiger partial charge in [0, 0.05) is 11.4 Å². The number of imidazole rings is 1. The third kappa shape index (κ3) is 6.47. The minimum absolute atomic E-state index is 0.0849. The Balaban J connectivity index is 1.25. The monoisotopic (exact) mass is 557 g/mol. The van der Waals surface area contributed by atoms with Gasteiger partial charge in [-0.15, -0.1) is 0 Å². The molecule has 0 aliphatic heterocycles. The van der Waals surface area contributed by atoms with Crippen molar-refractivity contribution in [3.8, 4) is 16.9 Å². The minimum atomic E-state index is -0.929. The van der Waals surface area contributed by atoms with Gasteiger partial charge in [0.05, 0.1) is 18.1 Å². The van der Waals surface area contributed by atoms with E-state index in [-0.39, 0.29) is 18.1 Å². The molecule has 2 N–H and O–H groups in total. The molecule has 202 valence electrons. The molecule has 7 nitrogen and oxygen atoms in total. The molecule has 40 heavy (non-hydrogen) atoms. The van der Waals surface area contributed by atoms with Gasteiger partial charge in [0.1, 0.15) is 24.2 Å². The summed E-state index contributed by atoms with van der Waals surface area (Å²) < 4.78 is 23.8. The first kappa shape index (κ1) is 26.9. The van der Waals surface area contributed by atoms with Crippen LogP contribution in [-0.4, -0.2) is 35.0 Å². The highest BCUT2D eigenvalue weighted by molar-refractivity contribution is 6.30. The quantitative estimate of drug-likeness (QED) is 0.213. The number of carbonyl (C=O) groups excluding carboxylic acids is 2. The summed E-state index contributed by atoms with van der Waals surface area (Å²) >= 11 is 5.99. The lowest BCUT2D eigenvalue weighted by atomic mass is 10.1. The average molecular weight is 558 g/mol. The standard InChI is InChI=1S/C31H25ClFN3O4/c1-39-31(38)28(16-19-4-13-25(14-5-19)40-18-20-2-11-24(33)12-3-20)36-30(37)29-34-26-15-8-22(17-27(26)35-29)21-6-9-23(32)10-7-21/h2-15,17,28H,16,18H2,1H3,(H,34,35)(H,36,37)/t28-/m0/s1. The van der Waals surface area contributed by atoms with Crippen LogP contribution in [0.15, 0.2) is 91.0 Å². The van der Waals surface area contributed by atoms with Crippen LogP contribution in [0.2, 0.25) is 5.02 Å². The van der Waals surface area contributed by atoms with Crippen molar-refractivity contribution >= 4 is 34.5 Å². The Labute approximate surface area is 234 Å². The average Bonchev–Trinajstić information content (AvgIpc) is 3.41. The Morgan fingerprint density at radius 3 is 2.30 bits per heavy atom. The van der Waals surface area contributed by atoms with E-state index in [1.807, 2.05) is 54.6 Å². The van der Waals surface area contributed by atoms with Gasteiger partial charge < -0.3 is 19.8 Å². The fraction of sp³-hybridized carbons (Fsp3) is 0.129. The topological polar surface area (TPSA) is 93.3 Å². The number of nitrogens with zero attached hydrogens (tertiary/aromatic N) is 1. The summed E-state index contributed by atoms with van der Waals surface area (Å²) in [6.45, 7) is 0.291. The van der Waals surface area contributed by atoms with Gasteiger partial charge in [-0.1, -0.05) is 54.1 Å². The normalized spacial score (nSPS) is 11.7. The molecule has 1 atom stereocenters. The largest absolute Gasteiger partial charge is 0.489 e. The molecular weight excluding hydrogens is 533 g/mol. The van der Waals surface area contributed by atoms with Crippen molar-refractivity contribution in [3.05, 3.63) is 119 Å². The third-order valence-corrected chi connectivity index (χ3v) is 6.60. The van der Waals surface area contributed by atoms with E-state index in [0.717, 1.165) is 22.3 Å². The molecule has 0 saturated heterocycles. The van der Waals surface area contributed by atoms with Crippen LogP contribution in [-0.2, 0) is 22.6 Å². The van der Waals surface area contributed by atoms with Gasteiger partial charge in [0.25, 0.3) is 5.91 Å². The van der Waals surface area contributed by atoms with E-state index in [4.69, 9.17) is 21.1 Å². The molecule has 0 radical (unpaired) electrons. The fourth-order valence-corrected chi connectivity index (χ4v) is 4.33. The predicted octanol–water partition coefficient (Wildman–Crippen LogP) is 6.12. The Morgan fingerprint density at radius 2 is 1.60 bits per heavy atom. The first-order chi connectivity index (χ1) is 19.4. The molecule has 1 aromatic heterocycles. The SMILES string of the molecule is COC(=O)[C@H](Cc1ccc(OCc2ccc(F)cc2)cc1)NC(=O)c1nc2ccc(-c3ccc(Cl)cc3)cc2[nH]1. The number of benzene rings is 4. The number of aromatic amines is 1. The first-order valence-electron chi connectivity index (χ1n) is 12.5.